The summed E-state index contributed by atoms with van der Waals surface area (Å²) in [5, 5.41) is 0. The van der Waals surface area contributed by atoms with E-state index in [0.717, 1.165) is 29.6 Å². The lowest BCUT2D eigenvalue weighted by atomic mass is 10.3. The normalized spacial score (nSPS) is 13.3. The SMILES string of the molecule is CCN(CC)Cc1cc2nc3ccn(S(C)(=O)=O)c3cc2n1S(C)(=O)=O. The number of fused-ring (bicyclic) bond motifs is 2. The Morgan fingerprint density at radius 1 is 0.962 bits per heavy atom. The predicted octanol–water partition coefficient (Wildman–Crippen LogP) is 1.45. The minimum atomic E-state index is -3.59. The summed E-state index contributed by atoms with van der Waals surface area (Å²) in [5.74, 6) is 0. The molecule has 3 aromatic rings. The van der Waals surface area contributed by atoms with Gasteiger partial charge in [0.2, 0.25) is 20.0 Å². The quantitative estimate of drug-likeness (QED) is 0.624. The van der Waals surface area contributed by atoms with Gasteiger partial charge in [-0.1, -0.05) is 13.8 Å². The van der Waals surface area contributed by atoms with Gasteiger partial charge in [-0.15, -0.1) is 0 Å². The number of nitrogens with zero attached hydrogens (tertiary/aromatic N) is 4. The molecule has 0 aromatic carbocycles. The third-order valence-corrected chi connectivity index (χ3v) is 6.52. The fourth-order valence-corrected chi connectivity index (χ4v) is 4.97. The van der Waals surface area contributed by atoms with E-state index in [2.05, 4.69) is 9.88 Å². The van der Waals surface area contributed by atoms with E-state index < -0.39 is 20.0 Å². The van der Waals surface area contributed by atoms with E-state index in [0.29, 0.717) is 34.3 Å². The zero-order chi connectivity index (χ0) is 19.3. The summed E-state index contributed by atoms with van der Waals surface area (Å²) in [5.41, 5.74) is 2.37. The summed E-state index contributed by atoms with van der Waals surface area (Å²) < 4.78 is 51.2. The van der Waals surface area contributed by atoms with Gasteiger partial charge in [0.05, 0.1) is 40.3 Å². The second-order valence-corrected chi connectivity index (χ2v) is 9.99. The summed E-state index contributed by atoms with van der Waals surface area (Å²) in [6.45, 7) is 6.07. The molecule has 3 heterocycles. The van der Waals surface area contributed by atoms with Crippen molar-refractivity contribution in [2.24, 2.45) is 0 Å². The Morgan fingerprint density at radius 3 is 2.15 bits per heavy atom. The minimum absolute atomic E-state index is 0.359. The molecule has 3 aromatic heterocycles. The van der Waals surface area contributed by atoms with Crippen LogP contribution >= 0.6 is 0 Å². The first-order valence-corrected chi connectivity index (χ1v) is 11.9. The van der Waals surface area contributed by atoms with Crippen LogP contribution in [0.3, 0.4) is 0 Å². The fourth-order valence-electron chi connectivity index (χ4n) is 3.15. The van der Waals surface area contributed by atoms with Gasteiger partial charge in [-0.2, -0.15) is 0 Å². The summed E-state index contributed by atoms with van der Waals surface area (Å²) in [7, 11) is -7.10. The van der Waals surface area contributed by atoms with Crippen molar-refractivity contribution in [2.45, 2.75) is 20.4 Å². The van der Waals surface area contributed by atoms with Crippen LogP contribution in [0, 0.1) is 0 Å². The highest BCUT2D eigenvalue weighted by molar-refractivity contribution is 7.89. The predicted molar refractivity (Wildman–Crippen MR) is 102 cm³/mol. The van der Waals surface area contributed by atoms with Gasteiger partial charge in [0.1, 0.15) is 0 Å². The standard InChI is InChI=1S/C16H22N4O4S2/c1-5-18(6-2)11-12-9-14-16(20(12)26(4,23)24)10-15-13(17-14)7-8-19(15)25(3,21)22/h7-10H,5-6,11H2,1-4H3. The molecule has 0 aliphatic heterocycles. The average Bonchev–Trinajstić information content (AvgIpc) is 3.09. The molecule has 0 atom stereocenters. The summed E-state index contributed by atoms with van der Waals surface area (Å²) in [4.78, 5) is 6.58. The van der Waals surface area contributed by atoms with Crippen LogP contribution in [0.2, 0.25) is 0 Å². The van der Waals surface area contributed by atoms with Crippen molar-refractivity contribution in [2.75, 3.05) is 25.6 Å². The molecule has 0 bridgehead atoms. The highest BCUT2D eigenvalue weighted by atomic mass is 32.2. The molecule has 0 aliphatic carbocycles. The number of rotatable bonds is 6. The minimum Gasteiger partial charge on any atom is -0.298 e. The number of hydrogen-bond donors (Lipinski definition) is 0. The van der Waals surface area contributed by atoms with Crippen LogP contribution < -0.4 is 0 Å². The lowest BCUT2D eigenvalue weighted by Gasteiger charge is -2.18. The van der Waals surface area contributed by atoms with Gasteiger partial charge in [-0.3, -0.25) is 4.90 Å². The largest absolute Gasteiger partial charge is 0.298 e. The highest BCUT2D eigenvalue weighted by Crippen LogP contribution is 2.26. The Kier molecular flexibility index (Phi) is 4.62. The van der Waals surface area contributed by atoms with E-state index in [-0.39, 0.29) is 0 Å². The van der Waals surface area contributed by atoms with Crippen LogP contribution in [-0.2, 0) is 26.6 Å². The zero-order valence-electron chi connectivity index (χ0n) is 15.2. The number of aromatic nitrogens is 3. The Morgan fingerprint density at radius 2 is 1.62 bits per heavy atom. The van der Waals surface area contributed by atoms with Crippen LogP contribution in [-0.4, -0.2) is 60.3 Å². The maximum absolute atomic E-state index is 12.4. The first-order valence-electron chi connectivity index (χ1n) is 8.22. The molecule has 0 N–H and O–H groups in total. The first-order chi connectivity index (χ1) is 12.1. The molecule has 142 valence electrons. The van der Waals surface area contributed by atoms with Gasteiger partial charge in [-0.25, -0.2) is 29.8 Å². The molecular weight excluding hydrogens is 376 g/mol. The summed E-state index contributed by atoms with van der Waals surface area (Å²) >= 11 is 0. The molecule has 0 saturated carbocycles. The second-order valence-electron chi connectivity index (χ2n) is 6.30. The van der Waals surface area contributed by atoms with Crippen LogP contribution in [0.1, 0.15) is 19.5 Å². The van der Waals surface area contributed by atoms with Gasteiger partial charge in [-0.05, 0) is 31.3 Å². The molecule has 3 rings (SSSR count). The molecule has 0 radical (unpaired) electrons. The van der Waals surface area contributed by atoms with Crippen molar-refractivity contribution in [1.29, 1.82) is 0 Å². The number of hydrogen-bond acceptors (Lipinski definition) is 6. The van der Waals surface area contributed by atoms with E-state index in [4.69, 9.17) is 0 Å². The van der Waals surface area contributed by atoms with Gasteiger partial charge in [0.15, 0.2) is 0 Å². The maximum Gasteiger partial charge on any atom is 0.236 e. The Balaban J connectivity index is 2.34. The van der Waals surface area contributed by atoms with E-state index >= 15 is 0 Å². The molecule has 0 spiro atoms. The van der Waals surface area contributed by atoms with Crippen molar-refractivity contribution >= 4 is 42.1 Å². The topological polar surface area (TPSA) is 94.3 Å². The van der Waals surface area contributed by atoms with Crippen LogP contribution in [0.4, 0.5) is 0 Å². The van der Waals surface area contributed by atoms with Crippen LogP contribution in [0.5, 0.6) is 0 Å². The molecule has 0 unspecified atom stereocenters. The van der Waals surface area contributed by atoms with Crippen molar-refractivity contribution in [3.05, 3.63) is 30.1 Å². The lowest BCUT2D eigenvalue weighted by Crippen LogP contribution is -2.25. The van der Waals surface area contributed by atoms with Crippen molar-refractivity contribution in [3.63, 3.8) is 0 Å². The maximum atomic E-state index is 12.4. The highest BCUT2D eigenvalue weighted by Gasteiger charge is 2.21. The monoisotopic (exact) mass is 398 g/mol. The third-order valence-electron chi connectivity index (χ3n) is 4.40. The summed E-state index contributed by atoms with van der Waals surface area (Å²) in [6.07, 6.45) is 3.66. The molecule has 0 amide bonds. The Bertz CT molecular complexity index is 1190. The lowest BCUT2D eigenvalue weighted by molar-refractivity contribution is 0.292. The molecule has 26 heavy (non-hydrogen) atoms. The van der Waals surface area contributed by atoms with Crippen LogP contribution in [0.15, 0.2) is 24.4 Å². The Hall–Kier alpha value is -1.91. The van der Waals surface area contributed by atoms with E-state index in [1.54, 1.807) is 18.2 Å². The molecule has 0 aliphatic rings. The van der Waals surface area contributed by atoms with E-state index in [9.17, 15) is 16.8 Å². The molecular formula is C16H22N4O4S2. The second kappa shape index (κ2) is 6.36. The van der Waals surface area contributed by atoms with Crippen molar-refractivity contribution in [3.8, 4) is 0 Å². The molecule has 10 heteroatoms. The Labute approximate surface area is 153 Å². The van der Waals surface area contributed by atoms with E-state index in [1.807, 2.05) is 13.8 Å². The van der Waals surface area contributed by atoms with Gasteiger partial charge < -0.3 is 0 Å². The van der Waals surface area contributed by atoms with Gasteiger partial charge >= 0.3 is 0 Å². The smallest absolute Gasteiger partial charge is 0.236 e. The molecule has 8 nitrogen and oxygen atoms in total. The molecule has 0 fully saturated rings. The third kappa shape index (κ3) is 3.24. The van der Waals surface area contributed by atoms with Crippen molar-refractivity contribution < 1.29 is 16.8 Å². The zero-order valence-corrected chi connectivity index (χ0v) is 16.8. The average molecular weight is 399 g/mol. The van der Waals surface area contributed by atoms with Gasteiger partial charge in [0, 0.05) is 12.7 Å². The molecule has 0 saturated heterocycles. The summed E-state index contributed by atoms with van der Waals surface area (Å²) in [6, 6.07) is 4.94. The number of pyridine rings is 1. The van der Waals surface area contributed by atoms with E-state index in [1.165, 1.54) is 10.2 Å². The van der Waals surface area contributed by atoms with Crippen LogP contribution in [0.25, 0.3) is 22.1 Å². The van der Waals surface area contributed by atoms with Crippen molar-refractivity contribution in [1.82, 2.24) is 17.8 Å². The fraction of sp³-hybridized carbons (Fsp3) is 0.438. The first kappa shape index (κ1) is 18.9. The van der Waals surface area contributed by atoms with Gasteiger partial charge in [0.25, 0.3) is 0 Å².